The first kappa shape index (κ1) is 8.77. The van der Waals surface area contributed by atoms with Gasteiger partial charge in [0.1, 0.15) is 5.75 Å². The smallest absolute Gasteiger partial charge is 0.123 e. The van der Waals surface area contributed by atoms with Crippen LogP contribution in [0.1, 0.15) is 5.69 Å². The second-order valence-electron chi connectivity index (χ2n) is 2.98. The van der Waals surface area contributed by atoms with Crippen LogP contribution < -0.4 is 5.73 Å². The molecule has 0 fully saturated rings. The van der Waals surface area contributed by atoms with Crippen LogP contribution in [0.2, 0.25) is 0 Å². The van der Waals surface area contributed by atoms with Crippen molar-refractivity contribution in [2.24, 2.45) is 5.73 Å². The Hall–Kier alpha value is -1.81. The maximum atomic E-state index is 9.62. The molecule has 4 N–H and O–H groups in total. The molecule has 0 aliphatic rings. The van der Waals surface area contributed by atoms with E-state index in [1.165, 1.54) is 0 Å². The van der Waals surface area contributed by atoms with Crippen LogP contribution in [0.5, 0.6) is 5.75 Å². The molecule has 0 saturated heterocycles. The van der Waals surface area contributed by atoms with E-state index < -0.39 is 0 Å². The van der Waals surface area contributed by atoms with Crippen molar-refractivity contribution in [2.45, 2.75) is 6.54 Å². The predicted octanol–water partition coefficient (Wildman–Crippen LogP) is 1.24. The molecule has 2 rings (SSSR count). The van der Waals surface area contributed by atoms with E-state index in [2.05, 4.69) is 10.2 Å². The van der Waals surface area contributed by atoms with Gasteiger partial charge >= 0.3 is 0 Å². The summed E-state index contributed by atoms with van der Waals surface area (Å²) in [4.78, 5) is 0. The van der Waals surface area contributed by atoms with Crippen molar-refractivity contribution in [1.82, 2.24) is 10.2 Å². The first-order valence-electron chi connectivity index (χ1n) is 4.33. The molecule has 1 heterocycles. The molecular weight excluding hydrogens is 178 g/mol. The first-order valence-corrected chi connectivity index (χ1v) is 4.33. The van der Waals surface area contributed by atoms with Crippen molar-refractivity contribution in [3.63, 3.8) is 0 Å². The van der Waals surface area contributed by atoms with E-state index in [1.807, 2.05) is 12.1 Å². The molecule has 2 aromatic rings. The van der Waals surface area contributed by atoms with E-state index >= 15 is 0 Å². The molecule has 1 aromatic heterocycles. The normalized spacial score (nSPS) is 10.4. The number of phenols is 1. The number of nitrogens with one attached hydrogen (secondary N) is 1. The molecule has 1 aromatic carbocycles. The number of rotatable bonds is 2. The van der Waals surface area contributed by atoms with Gasteiger partial charge in [-0.2, -0.15) is 5.10 Å². The summed E-state index contributed by atoms with van der Waals surface area (Å²) in [6, 6.07) is 7.12. The monoisotopic (exact) mass is 189 g/mol. The standard InChI is InChI=1S/C10H11N3O/c11-5-9-8(6-12-13-9)7-3-1-2-4-10(7)14/h1-4,6,14H,5,11H2,(H,12,13). The Kier molecular flexibility index (Phi) is 2.20. The zero-order valence-corrected chi connectivity index (χ0v) is 7.57. The van der Waals surface area contributed by atoms with Gasteiger partial charge in [-0.1, -0.05) is 18.2 Å². The second-order valence-corrected chi connectivity index (χ2v) is 2.98. The van der Waals surface area contributed by atoms with Crippen molar-refractivity contribution in [3.05, 3.63) is 36.2 Å². The van der Waals surface area contributed by atoms with E-state index in [1.54, 1.807) is 18.3 Å². The molecular formula is C10H11N3O. The summed E-state index contributed by atoms with van der Waals surface area (Å²) in [6.07, 6.45) is 1.66. The quantitative estimate of drug-likeness (QED) is 0.665. The lowest BCUT2D eigenvalue weighted by Gasteiger charge is -2.02. The molecule has 4 heteroatoms. The number of nitrogens with two attached hydrogens (primary N) is 1. The number of hydrogen-bond donors (Lipinski definition) is 3. The minimum absolute atomic E-state index is 0.239. The molecule has 0 saturated carbocycles. The number of benzene rings is 1. The van der Waals surface area contributed by atoms with E-state index in [4.69, 9.17) is 5.73 Å². The lowest BCUT2D eigenvalue weighted by molar-refractivity contribution is 0.477. The van der Waals surface area contributed by atoms with Gasteiger partial charge < -0.3 is 10.8 Å². The maximum absolute atomic E-state index is 9.62. The summed E-state index contributed by atoms with van der Waals surface area (Å²) in [6.45, 7) is 0.379. The van der Waals surface area contributed by atoms with Crippen LogP contribution in [-0.4, -0.2) is 15.3 Å². The average molecular weight is 189 g/mol. The van der Waals surface area contributed by atoms with Gasteiger partial charge in [-0.05, 0) is 6.07 Å². The zero-order chi connectivity index (χ0) is 9.97. The van der Waals surface area contributed by atoms with Gasteiger partial charge in [0.25, 0.3) is 0 Å². The van der Waals surface area contributed by atoms with Gasteiger partial charge in [0.15, 0.2) is 0 Å². The average Bonchev–Trinajstić information content (AvgIpc) is 2.66. The summed E-state index contributed by atoms with van der Waals surface area (Å²) in [5.41, 5.74) is 7.96. The Balaban J connectivity index is 2.54. The highest BCUT2D eigenvalue weighted by Gasteiger charge is 2.08. The largest absolute Gasteiger partial charge is 0.507 e. The molecule has 72 valence electrons. The van der Waals surface area contributed by atoms with Crippen LogP contribution in [0, 0.1) is 0 Å². The van der Waals surface area contributed by atoms with Crippen molar-refractivity contribution in [3.8, 4) is 16.9 Å². The molecule has 14 heavy (non-hydrogen) atoms. The van der Waals surface area contributed by atoms with Crippen molar-refractivity contribution < 1.29 is 5.11 Å². The summed E-state index contributed by atoms with van der Waals surface area (Å²) in [5.74, 6) is 0.239. The third-order valence-corrected chi connectivity index (χ3v) is 2.12. The van der Waals surface area contributed by atoms with Crippen LogP contribution in [0.15, 0.2) is 30.5 Å². The number of aromatic amines is 1. The zero-order valence-electron chi connectivity index (χ0n) is 7.57. The lowest BCUT2D eigenvalue weighted by Crippen LogP contribution is -1.98. The molecule has 0 atom stereocenters. The van der Waals surface area contributed by atoms with Gasteiger partial charge in [0.2, 0.25) is 0 Å². The Bertz CT molecular complexity index is 436. The van der Waals surface area contributed by atoms with Crippen LogP contribution in [0.3, 0.4) is 0 Å². The fourth-order valence-electron chi connectivity index (χ4n) is 1.40. The van der Waals surface area contributed by atoms with E-state index in [0.717, 1.165) is 16.8 Å². The molecule has 0 aliphatic heterocycles. The highest BCUT2D eigenvalue weighted by Crippen LogP contribution is 2.29. The van der Waals surface area contributed by atoms with E-state index in [0.29, 0.717) is 6.54 Å². The van der Waals surface area contributed by atoms with Gasteiger partial charge in [-0.15, -0.1) is 0 Å². The number of para-hydroxylation sites is 1. The SMILES string of the molecule is NCc1[nH]ncc1-c1ccccc1O. The number of aromatic nitrogens is 2. The van der Waals surface area contributed by atoms with Crippen LogP contribution in [0.25, 0.3) is 11.1 Å². The van der Waals surface area contributed by atoms with Crippen molar-refractivity contribution >= 4 is 0 Å². The lowest BCUT2D eigenvalue weighted by atomic mass is 10.1. The van der Waals surface area contributed by atoms with Gasteiger partial charge in [-0.3, -0.25) is 5.10 Å². The summed E-state index contributed by atoms with van der Waals surface area (Å²) in [7, 11) is 0. The molecule has 0 unspecified atom stereocenters. The van der Waals surface area contributed by atoms with E-state index in [9.17, 15) is 5.11 Å². The highest BCUT2D eigenvalue weighted by molar-refractivity contribution is 5.71. The Morgan fingerprint density at radius 1 is 1.29 bits per heavy atom. The maximum Gasteiger partial charge on any atom is 0.123 e. The van der Waals surface area contributed by atoms with E-state index in [-0.39, 0.29) is 5.75 Å². The Morgan fingerprint density at radius 2 is 2.07 bits per heavy atom. The Labute approximate surface area is 81.4 Å². The molecule has 0 radical (unpaired) electrons. The second kappa shape index (κ2) is 3.51. The molecule has 0 bridgehead atoms. The van der Waals surface area contributed by atoms with Gasteiger partial charge in [-0.25, -0.2) is 0 Å². The summed E-state index contributed by atoms with van der Waals surface area (Å²) < 4.78 is 0. The first-order chi connectivity index (χ1) is 6.83. The van der Waals surface area contributed by atoms with Gasteiger partial charge in [0, 0.05) is 17.7 Å². The van der Waals surface area contributed by atoms with Crippen molar-refractivity contribution in [1.29, 1.82) is 0 Å². The van der Waals surface area contributed by atoms with Crippen molar-refractivity contribution in [2.75, 3.05) is 0 Å². The summed E-state index contributed by atoms with van der Waals surface area (Å²) >= 11 is 0. The third-order valence-electron chi connectivity index (χ3n) is 2.12. The number of hydrogen-bond acceptors (Lipinski definition) is 3. The fourth-order valence-corrected chi connectivity index (χ4v) is 1.40. The minimum atomic E-state index is 0.239. The van der Waals surface area contributed by atoms with Crippen LogP contribution >= 0.6 is 0 Å². The minimum Gasteiger partial charge on any atom is -0.507 e. The molecule has 0 aliphatic carbocycles. The molecule has 0 spiro atoms. The number of H-pyrrole nitrogens is 1. The topological polar surface area (TPSA) is 74.9 Å². The number of phenolic OH excluding ortho intramolecular Hbond substituents is 1. The summed E-state index contributed by atoms with van der Waals surface area (Å²) in [5, 5.41) is 16.3. The Morgan fingerprint density at radius 3 is 2.79 bits per heavy atom. The number of nitrogens with zero attached hydrogens (tertiary/aromatic N) is 1. The van der Waals surface area contributed by atoms with Gasteiger partial charge in [0.05, 0.1) is 11.9 Å². The highest BCUT2D eigenvalue weighted by atomic mass is 16.3. The number of aromatic hydroxyl groups is 1. The van der Waals surface area contributed by atoms with Crippen LogP contribution in [0.4, 0.5) is 0 Å². The molecule has 0 amide bonds. The third kappa shape index (κ3) is 1.36. The fraction of sp³-hybridized carbons (Fsp3) is 0.100. The predicted molar refractivity (Wildman–Crippen MR) is 53.6 cm³/mol. The molecule has 4 nitrogen and oxygen atoms in total. The van der Waals surface area contributed by atoms with Crippen LogP contribution in [-0.2, 0) is 6.54 Å².